The van der Waals surface area contributed by atoms with Crippen LogP contribution in [0.2, 0.25) is 0 Å². The largest absolute Gasteiger partial charge is 0.505 e. The van der Waals surface area contributed by atoms with Crippen LogP contribution in [-0.2, 0) is 5.54 Å². The predicted molar refractivity (Wildman–Crippen MR) is 51.8 cm³/mol. The number of nitrogens with two attached hydrogens (primary N) is 1. The molecule has 0 aliphatic rings. The van der Waals surface area contributed by atoms with E-state index in [1.807, 2.05) is 0 Å². The molecule has 0 heterocycles. The maximum absolute atomic E-state index is 13.4. The van der Waals surface area contributed by atoms with E-state index >= 15 is 0 Å². The van der Waals surface area contributed by atoms with Gasteiger partial charge in [0.2, 0.25) is 0 Å². The molecule has 0 fully saturated rings. The first-order valence-corrected chi connectivity index (χ1v) is 4.22. The van der Waals surface area contributed by atoms with Crippen molar-refractivity contribution in [2.24, 2.45) is 5.73 Å². The van der Waals surface area contributed by atoms with Crippen molar-refractivity contribution in [2.75, 3.05) is 7.11 Å². The van der Waals surface area contributed by atoms with Gasteiger partial charge < -0.3 is 15.6 Å². The standard InChI is InChI=1S/C10H14FNO2/c1-10(2,12)7-4-6(14-3)5-8(13)9(7)11/h4-5,13H,12H2,1-3H3. The first-order valence-electron chi connectivity index (χ1n) is 4.22. The summed E-state index contributed by atoms with van der Waals surface area (Å²) in [6.45, 7) is 3.31. The Morgan fingerprint density at radius 3 is 2.43 bits per heavy atom. The van der Waals surface area contributed by atoms with Crippen LogP contribution in [-0.4, -0.2) is 12.2 Å². The third-order valence-electron chi connectivity index (χ3n) is 1.96. The number of aromatic hydroxyl groups is 1. The third-order valence-corrected chi connectivity index (χ3v) is 1.96. The summed E-state index contributed by atoms with van der Waals surface area (Å²) in [7, 11) is 1.44. The monoisotopic (exact) mass is 199 g/mol. The molecular weight excluding hydrogens is 185 g/mol. The Morgan fingerprint density at radius 2 is 2.00 bits per heavy atom. The molecule has 0 spiro atoms. The molecule has 0 aromatic heterocycles. The van der Waals surface area contributed by atoms with Crippen molar-refractivity contribution < 1.29 is 14.2 Å². The Bertz CT molecular complexity index is 345. The highest BCUT2D eigenvalue weighted by atomic mass is 19.1. The molecule has 0 bridgehead atoms. The first-order chi connectivity index (χ1) is 6.36. The van der Waals surface area contributed by atoms with Crippen LogP contribution < -0.4 is 10.5 Å². The van der Waals surface area contributed by atoms with Crippen molar-refractivity contribution in [1.82, 2.24) is 0 Å². The Kier molecular flexibility index (Phi) is 2.66. The van der Waals surface area contributed by atoms with E-state index in [0.717, 1.165) is 0 Å². The average Bonchev–Trinajstić information content (AvgIpc) is 2.07. The third kappa shape index (κ3) is 1.96. The number of hydrogen-bond acceptors (Lipinski definition) is 3. The van der Waals surface area contributed by atoms with Crippen LogP contribution in [0, 0.1) is 5.82 Å². The Balaban J connectivity index is 3.35. The zero-order valence-corrected chi connectivity index (χ0v) is 8.47. The molecule has 0 saturated carbocycles. The molecule has 78 valence electrons. The van der Waals surface area contributed by atoms with Crippen molar-refractivity contribution in [1.29, 1.82) is 0 Å². The summed E-state index contributed by atoms with van der Waals surface area (Å²) in [4.78, 5) is 0. The molecule has 0 saturated heterocycles. The second-order valence-electron chi connectivity index (χ2n) is 3.73. The topological polar surface area (TPSA) is 55.5 Å². The van der Waals surface area contributed by atoms with Gasteiger partial charge in [0.05, 0.1) is 7.11 Å². The quantitative estimate of drug-likeness (QED) is 0.762. The van der Waals surface area contributed by atoms with Gasteiger partial charge in [0.15, 0.2) is 11.6 Å². The molecular formula is C10H14FNO2. The van der Waals surface area contributed by atoms with Gasteiger partial charge in [-0.1, -0.05) is 0 Å². The lowest BCUT2D eigenvalue weighted by Gasteiger charge is -2.21. The number of phenols is 1. The summed E-state index contributed by atoms with van der Waals surface area (Å²) >= 11 is 0. The molecule has 1 aromatic rings. The molecule has 0 aliphatic carbocycles. The summed E-state index contributed by atoms with van der Waals surface area (Å²) < 4.78 is 18.3. The van der Waals surface area contributed by atoms with E-state index in [-0.39, 0.29) is 5.56 Å². The van der Waals surface area contributed by atoms with Gasteiger partial charge in [-0.25, -0.2) is 4.39 Å². The van der Waals surface area contributed by atoms with Gasteiger partial charge in [-0.2, -0.15) is 0 Å². The predicted octanol–water partition coefficient (Wildman–Crippen LogP) is 1.73. The molecule has 0 radical (unpaired) electrons. The normalized spacial score (nSPS) is 11.5. The molecule has 1 rings (SSSR count). The van der Waals surface area contributed by atoms with Crippen LogP contribution in [0.1, 0.15) is 19.4 Å². The second kappa shape index (κ2) is 3.46. The van der Waals surface area contributed by atoms with E-state index in [0.29, 0.717) is 5.75 Å². The number of ether oxygens (including phenoxy) is 1. The number of halogens is 1. The van der Waals surface area contributed by atoms with E-state index in [1.165, 1.54) is 19.2 Å². The van der Waals surface area contributed by atoms with Crippen molar-refractivity contribution >= 4 is 0 Å². The molecule has 4 heteroatoms. The highest BCUT2D eigenvalue weighted by Gasteiger charge is 2.22. The van der Waals surface area contributed by atoms with Crippen molar-refractivity contribution in [3.8, 4) is 11.5 Å². The Hall–Kier alpha value is -1.29. The summed E-state index contributed by atoms with van der Waals surface area (Å²) in [5, 5.41) is 9.26. The minimum Gasteiger partial charge on any atom is -0.505 e. The smallest absolute Gasteiger partial charge is 0.170 e. The van der Waals surface area contributed by atoms with E-state index in [4.69, 9.17) is 10.5 Å². The fraction of sp³-hybridized carbons (Fsp3) is 0.400. The van der Waals surface area contributed by atoms with E-state index in [2.05, 4.69) is 0 Å². The number of benzene rings is 1. The van der Waals surface area contributed by atoms with Crippen LogP contribution in [0.15, 0.2) is 12.1 Å². The van der Waals surface area contributed by atoms with Crippen molar-refractivity contribution in [2.45, 2.75) is 19.4 Å². The molecule has 3 nitrogen and oxygen atoms in total. The molecule has 1 aromatic carbocycles. The number of rotatable bonds is 2. The highest BCUT2D eigenvalue weighted by Crippen LogP contribution is 2.31. The van der Waals surface area contributed by atoms with Gasteiger partial charge in [0.1, 0.15) is 5.75 Å². The van der Waals surface area contributed by atoms with Crippen LogP contribution in [0.4, 0.5) is 4.39 Å². The lowest BCUT2D eigenvalue weighted by Crippen LogP contribution is -2.29. The van der Waals surface area contributed by atoms with Gasteiger partial charge >= 0.3 is 0 Å². The Morgan fingerprint density at radius 1 is 1.43 bits per heavy atom. The second-order valence-corrected chi connectivity index (χ2v) is 3.73. The molecule has 0 aliphatic heterocycles. The fourth-order valence-corrected chi connectivity index (χ4v) is 1.17. The average molecular weight is 199 g/mol. The first kappa shape index (κ1) is 10.8. The fourth-order valence-electron chi connectivity index (χ4n) is 1.17. The lowest BCUT2D eigenvalue weighted by atomic mass is 9.94. The summed E-state index contributed by atoms with van der Waals surface area (Å²) in [5.41, 5.74) is 5.12. The van der Waals surface area contributed by atoms with Crippen LogP contribution >= 0.6 is 0 Å². The van der Waals surface area contributed by atoms with Crippen molar-refractivity contribution in [3.05, 3.63) is 23.5 Å². The summed E-state index contributed by atoms with van der Waals surface area (Å²) in [5.74, 6) is -0.756. The molecule has 0 amide bonds. The van der Waals surface area contributed by atoms with Gasteiger partial charge in [0.25, 0.3) is 0 Å². The number of methoxy groups -OCH3 is 1. The maximum Gasteiger partial charge on any atom is 0.170 e. The SMILES string of the molecule is COc1cc(O)c(F)c(C(C)(C)N)c1. The van der Waals surface area contributed by atoms with E-state index < -0.39 is 17.1 Å². The summed E-state index contributed by atoms with van der Waals surface area (Å²) in [6.07, 6.45) is 0. The van der Waals surface area contributed by atoms with Gasteiger partial charge in [0, 0.05) is 17.2 Å². The minimum absolute atomic E-state index is 0.231. The van der Waals surface area contributed by atoms with Gasteiger partial charge in [-0.15, -0.1) is 0 Å². The molecule has 3 N–H and O–H groups in total. The number of phenolic OH excluding ortho intramolecular Hbond substituents is 1. The lowest BCUT2D eigenvalue weighted by molar-refractivity contribution is 0.385. The minimum atomic E-state index is -0.851. The van der Waals surface area contributed by atoms with Crippen LogP contribution in [0.5, 0.6) is 11.5 Å². The molecule has 14 heavy (non-hydrogen) atoms. The van der Waals surface area contributed by atoms with Gasteiger partial charge in [-0.3, -0.25) is 0 Å². The highest BCUT2D eigenvalue weighted by molar-refractivity contribution is 5.41. The zero-order valence-electron chi connectivity index (χ0n) is 8.47. The molecule has 0 atom stereocenters. The van der Waals surface area contributed by atoms with E-state index in [1.54, 1.807) is 13.8 Å². The van der Waals surface area contributed by atoms with Crippen LogP contribution in [0.25, 0.3) is 0 Å². The summed E-state index contributed by atoms with van der Waals surface area (Å²) in [6, 6.07) is 2.69. The van der Waals surface area contributed by atoms with E-state index in [9.17, 15) is 9.50 Å². The van der Waals surface area contributed by atoms with Gasteiger partial charge in [-0.05, 0) is 19.9 Å². The van der Waals surface area contributed by atoms with Crippen molar-refractivity contribution in [3.63, 3.8) is 0 Å². The zero-order chi connectivity index (χ0) is 10.9. The Labute approximate surface area is 82.3 Å². The molecule has 0 unspecified atom stereocenters. The van der Waals surface area contributed by atoms with Crippen LogP contribution in [0.3, 0.4) is 0 Å². The number of hydrogen-bond donors (Lipinski definition) is 2. The maximum atomic E-state index is 13.4.